The minimum atomic E-state index is 0.0949. The number of H-pyrrole nitrogens is 1. The van der Waals surface area contributed by atoms with Crippen LogP contribution in [0.15, 0.2) is 0 Å². The fraction of sp³-hybridized carbons (Fsp3) is 0.867. The Labute approximate surface area is 126 Å². The van der Waals surface area contributed by atoms with Gasteiger partial charge in [0, 0.05) is 19.7 Å². The molecule has 2 fully saturated rings. The second-order valence-electron chi connectivity index (χ2n) is 6.32. The molecule has 118 valence electrons. The van der Waals surface area contributed by atoms with E-state index in [9.17, 15) is 0 Å². The second-order valence-corrected chi connectivity index (χ2v) is 6.32. The number of rotatable bonds is 5. The van der Waals surface area contributed by atoms with Crippen molar-refractivity contribution in [2.24, 2.45) is 11.8 Å². The number of aromatic amines is 1. The highest BCUT2D eigenvalue weighted by Gasteiger charge is 2.30. The van der Waals surface area contributed by atoms with E-state index in [1.54, 1.807) is 0 Å². The van der Waals surface area contributed by atoms with Crippen LogP contribution in [0.4, 0.5) is 5.95 Å². The van der Waals surface area contributed by atoms with Crippen molar-refractivity contribution in [2.45, 2.75) is 39.2 Å². The smallest absolute Gasteiger partial charge is 0.244 e. The molecule has 0 amide bonds. The van der Waals surface area contributed by atoms with Gasteiger partial charge in [-0.3, -0.25) is 5.10 Å². The van der Waals surface area contributed by atoms with Gasteiger partial charge in [-0.1, -0.05) is 13.8 Å². The summed E-state index contributed by atoms with van der Waals surface area (Å²) in [5.41, 5.74) is 0. The van der Waals surface area contributed by atoms with E-state index < -0.39 is 0 Å². The monoisotopic (exact) mass is 293 g/mol. The molecule has 6 nitrogen and oxygen atoms in total. The van der Waals surface area contributed by atoms with Gasteiger partial charge in [0.15, 0.2) is 5.82 Å². The number of piperidine rings is 1. The molecule has 0 radical (unpaired) electrons. The number of nitrogens with one attached hydrogen (secondary N) is 2. The molecule has 6 heteroatoms. The zero-order valence-corrected chi connectivity index (χ0v) is 13.1. The lowest BCUT2D eigenvalue weighted by Gasteiger charge is -2.31. The van der Waals surface area contributed by atoms with E-state index >= 15 is 0 Å². The summed E-state index contributed by atoms with van der Waals surface area (Å²) in [6.07, 6.45) is 3.63. The lowest BCUT2D eigenvalue weighted by Crippen LogP contribution is -2.37. The summed E-state index contributed by atoms with van der Waals surface area (Å²) >= 11 is 0. The molecule has 1 aromatic heterocycles. The van der Waals surface area contributed by atoms with Crippen molar-refractivity contribution in [3.05, 3.63) is 5.82 Å². The topological polar surface area (TPSA) is 66.1 Å². The van der Waals surface area contributed by atoms with Crippen LogP contribution in [0.1, 0.15) is 45.0 Å². The summed E-state index contributed by atoms with van der Waals surface area (Å²) in [5.74, 6) is 3.05. The minimum Gasteiger partial charge on any atom is -0.370 e. The third-order valence-corrected chi connectivity index (χ3v) is 4.73. The maximum Gasteiger partial charge on any atom is 0.244 e. The largest absolute Gasteiger partial charge is 0.370 e. The molecule has 2 atom stereocenters. The molecule has 1 aromatic rings. The molecule has 3 rings (SSSR count). The maximum absolute atomic E-state index is 5.75. The molecule has 2 saturated heterocycles. The van der Waals surface area contributed by atoms with Crippen molar-refractivity contribution in [1.82, 2.24) is 20.5 Å². The van der Waals surface area contributed by atoms with Crippen molar-refractivity contribution in [3.63, 3.8) is 0 Å². The molecular formula is C15H27N5O. The first-order valence-corrected chi connectivity index (χ1v) is 8.27. The first kappa shape index (κ1) is 14.8. The molecule has 0 spiro atoms. The van der Waals surface area contributed by atoms with Crippen LogP contribution in [-0.4, -0.2) is 48.0 Å². The molecule has 2 N–H and O–H groups in total. The molecule has 2 unspecified atom stereocenters. The van der Waals surface area contributed by atoms with Gasteiger partial charge in [0.1, 0.15) is 6.10 Å². The third-order valence-electron chi connectivity index (χ3n) is 4.73. The Morgan fingerprint density at radius 3 is 2.81 bits per heavy atom. The fourth-order valence-corrected chi connectivity index (χ4v) is 3.26. The number of anilines is 1. The van der Waals surface area contributed by atoms with Crippen molar-refractivity contribution in [2.75, 3.05) is 37.7 Å². The predicted molar refractivity (Wildman–Crippen MR) is 82.3 cm³/mol. The number of aromatic nitrogens is 3. The molecule has 3 heterocycles. The van der Waals surface area contributed by atoms with Crippen LogP contribution in [0.2, 0.25) is 0 Å². The Morgan fingerprint density at radius 2 is 2.14 bits per heavy atom. The van der Waals surface area contributed by atoms with E-state index in [0.29, 0.717) is 5.92 Å². The van der Waals surface area contributed by atoms with Crippen molar-refractivity contribution >= 4 is 5.95 Å². The zero-order chi connectivity index (χ0) is 14.7. The Hall–Kier alpha value is -1.14. The van der Waals surface area contributed by atoms with Gasteiger partial charge in [-0.25, -0.2) is 0 Å². The summed E-state index contributed by atoms with van der Waals surface area (Å²) in [6, 6.07) is 0. The highest BCUT2D eigenvalue weighted by molar-refractivity contribution is 5.29. The van der Waals surface area contributed by atoms with Gasteiger partial charge in [-0.05, 0) is 44.2 Å². The standard InChI is InChI=1S/C15H27N5O/c1-3-16-10-12-4-7-20(8-5-12)15-17-14(18-19-15)13-11(2)6-9-21-13/h11-13,16H,3-10H2,1-2H3,(H,17,18,19). The lowest BCUT2D eigenvalue weighted by molar-refractivity contribution is 0.0876. The molecule has 21 heavy (non-hydrogen) atoms. The van der Waals surface area contributed by atoms with Crippen LogP contribution in [0.3, 0.4) is 0 Å². The van der Waals surface area contributed by atoms with Gasteiger partial charge in [0.2, 0.25) is 5.95 Å². The Balaban J connectivity index is 1.55. The van der Waals surface area contributed by atoms with Gasteiger partial charge in [0.25, 0.3) is 0 Å². The van der Waals surface area contributed by atoms with Crippen molar-refractivity contribution < 1.29 is 4.74 Å². The van der Waals surface area contributed by atoms with Gasteiger partial charge in [0.05, 0.1) is 0 Å². The maximum atomic E-state index is 5.75. The minimum absolute atomic E-state index is 0.0949. The Morgan fingerprint density at radius 1 is 1.33 bits per heavy atom. The first-order valence-electron chi connectivity index (χ1n) is 8.27. The highest BCUT2D eigenvalue weighted by atomic mass is 16.5. The number of hydrogen-bond donors (Lipinski definition) is 2. The molecule has 0 aromatic carbocycles. The van der Waals surface area contributed by atoms with Crippen molar-refractivity contribution in [1.29, 1.82) is 0 Å². The van der Waals surface area contributed by atoms with Crippen LogP contribution in [0.5, 0.6) is 0 Å². The van der Waals surface area contributed by atoms with Crippen LogP contribution >= 0.6 is 0 Å². The molecular weight excluding hydrogens is 266 g/mol. The summed E-state index contributed by atoms with van der Waals surface area (Å²) in [7, 11) is 0. The average Bonchev–Trinajstić information content (AvgIpc) is 3.14. The van der Waals surface area contributed by atoms with Gasteiger partial charge >= 0.3 is 0 Å². The van der Waals surface area contributed by atoms with E-state index in [4.69, 9.17) is 4.74 Å². The quantitative estimate of drug-likeness (QED) is 0.865. The van der Waals surface area contributed by atoms with E-state index in [-0.39, 0.29) is 6.10 Å². The SMILES string of the molecule is CCNCC1CCN(c2n[nH]c(C3OCCC3C)n2)CC1. The fourth-order valence-electron chi connectivity index (χ4n) is 3.26. The zero-order valence-electron chi connectivity index (χ0n) is 13.1. The molecule has 2 aliphatic heterocycles. The summed E-state index contributed by atoms with van der Waals surface area (Å²) in [5, 5.41) is 10.9. The third kappa shape index (κ3) is 3.37. The Bertz CT molecular complexity index is 441. The van der Waals surface area contributed by atoms with Gasteiger partial charge in [-0.2, -0.15) is 4.98 Å². The van der Waals surface area contributed by atoms with Crippen LogP contribution in [-0.2, 0) is 4.74 Å². The van der Waals surface area contributed by atoms with Crippen LogP contribution in [0.25, 0.3) is 0 Å². The Kier molecular flexibility index (Phi) is 4.75. The lowest BCUT2D eigenvalue weighted by atomic mass is 9.97. The van der Waals surface area contributed by atoms with E-state index in [1.165, 1.54) is 12.8 Å². The summed E-state index contributed by atoms with van der Waals surface area (Å²) in [6.45, 7) is 9.50. The normalized spacial score (nSPS) is 27.4. The van der Waals surface area contributed by atoms with E-state index in [2.05, 4.69) is 39.2 Å². The predicted octanol–water partition coefficient (Wildman–Crippen LogP) is 1.73. The number of nitrogens with zero attached hydrogens (tertiary/aromatic N) is 3. The van der Waals surface area contributed by atoms with E-state index in [0.717, 1.165) is 56.9 Å². The average molecular weight is 293 g/mol. The summed E-state index contributed by atoms with van der Waals surface area (Å²) < 4.78 is 5.75. The highest BCUT2D eigenvalue weighted by Crippen LogP contribution is 2.32. The van der Waals surface area contributed by atoms with E-state index in [1.807, 2.05) is 0 Å². The van der Waals surface area contributed by atoms with Gasteiger partial charge < -0.3 is 15.0 Å². The van der Waals surface area contributed by atoms with Gasteiger partial charge in [-0.15, -0.1) is 5.10 Å². The molecule has 0 bridgehead atoms. The molecule has 2 aliphatic rings. The second kappa shape index (κ2) is 6.75. The van der Waals surface area contributed by atoms with Crippen LogP contribution in [0, 0.1) is 11.8 Å². The molecule has 0 aliphatic carbocycles. The van der Waals surface area contributed by atoms with Crippen LogP contribution < -0.4 is 10.2 Å². The van der Waals surface area contributed by atoms with Crippen molar-refractivity contribution in [3.8, 4) is 0 Å². The first-order chi connectivity index (χ1) is 10.3. The summed E-state index contributed by atoms with van der Waals surface area (Å²) in [4.78, 5) is 6.97. The molecule has 0 saturated carbocycles. The number of hydrogen-bond acceptors (Lipinski definition) is 5. The number of ether oxygens (including phenoxy) is 1.